The van der Waals surface area contributed by atoms with E-state index in [1.807, 2.05) is 13.0 Å². The van der Waals surface area contributed by atoms with Crippen molar-refractivity contribution in [1.82, 2.24) is 4.98 Å². The minimum atomic E-state index is -1.08. The van der Waals surface area contributed by atoms with Crippen LogP contribution in [0.25, 0.3) is 10.9 Å². The third-order valence-corrected chi connectivity index (χ3v) is 2.52. The number of fused-ring (bicyclic) bond motifs is 1. The summed E-state index contributed by atoms with van der Waals surface area (Å²) in [6.07, 6.45) is 0. The van der Waals surface area contributed by atoms with E-state index in [0.717, 1.165) is 5.56 Å². The lowest BCUT2D eigenvalue weighted by molar-refractivity contribution is 0.0694. The van der Waals surface area contributed by atoms with Crippen LogP contribution < -0.4 is 0 Å². The first kappa shape index (κ1) is 10.4. The Hall–Kier alpha value is -2.10. The van der Waals surface area contributed by atoms with Crippen molar-refractivity contribution in [3.63, 3.8) is 0 Å². The minimum absolute atomic E-state index is 0.0613. The third kappa shape index (κ3) is 1.48. The molecule has 2 rings (SSSR count). The molecule has 0 aliphatic rings. The topological polar surface area (TPSA) is 70.2 Å². The van der Waals surface area contributed by atoms with E-state index in [1.165, 1.54) is 6.92 Å². The van der Waals surface area contributed by atoms with Crippen LogP contribution in [-0.4, -0.2) is 21.8 Å². The van der Waals surface area contributed by atoms with Crippen molar-refractivity contribution in [3.05, 3.63) is 35.0 Å². The summed E-state index contributed by atoms with van der Waals surface area (Å²) in [5.41, 5.74) is 1.86. The molecule has 82 valence electrons. The molecule has 0 aliphatic carbocycles. The summed E-state index contributed by atoms with van der Waals surface area (Å²) in [5, 5.41) is 9.70. The molecule has 0 amide bonds. The van der Waals surface area contributed by atoms with Gasteiger partial charge in [0, 0.05) is 17.8 Å². The molecule has 4 heteroatoms. The van der Waals surface area contributed by atoms with Crippen LogP contribution in [0.3, 0.4) is 0 Å². The van der Waals surface area contributed by atoms with Gasteiger partial charge in [-0.15, -0.1) is 0 Å². The Morgan fingerprint density at radius 1 is 1.31 bits per heavy atom. The van der Waals surface area contributed by atoms with E-state index in [4.69, 9.17) is 5.11 Å². The molecule has 16 heavy (non-hydrogen) atoms. The standard InChI is InChI=1S/C12H11NO3/c1-6-3-4-9-8(5-6)10(12(15)16)11(13-9)7(2)14/h3-5,13H,1-2H3,(H,15,16). The highest BCUT2D eigenvalue weighted by Gasteiger charge is 2.20. The molecule has 0 unspecified atom stereocenters. The van der Waals surface area contributed by atoms with Gasteiger partial charge in [-0.05, 0) is 19.1 Å². The lowest BCUT2D eigenvalue weighted by Gasteiger charge is -1.95. The van der Waals surface area contributed by atoms with Crippen molar-refractivity contribution < 1.29 is 14.7 Å². The average Bonchev–Trinajstić information content (AvgIpc) is 2.55. The van der Waals surface area contributed by atoms with Crippen molar-refractivity contribution >= 4 is 22.7 Å². The molecule has 0 aliphatic heterocycles. The number of aromatic nitrogens is 1. The first-order chi connectivity index (χ1) is 7.50. The van der Waals surface area contributed by atoms with E-state index in [0.29, 0.717) is 10.9 Å². The highest BCUT2D eigenvalue weighted by Crippen LogP contribution is 2.24. The number of hydrogen-bond acceptors (Lipinski definition) is 2. The number of benzene rings is 1. The molecule has 1 heterocycles. The number of hydrogen-bond donors (Lipinski definition) is 2. The molecule has 0 saturated carbocycles. The summed E-state index contributed by atoms with van der Waals surface area (Å²) in [5.74, 6) is -1.35. The van der Waals surface area contributed by atoms with Gasteiger partial charge in [-0.25, -0.2) is 4.79 Å². The van der Waals surface area contributed by atoms with E-state index < -0.39 is 5.97 Å². The van der Waals surface area contributed by atoms with Crippen LogP contribution in [0.2, 0.25) is 0 Å². The van der Waals surface area contributed by atoms with Gasteiger partial charge in [0.25, 0.3) is 0 Å². The van der Waals surface area contributed by atoms with Gasteiger partial charge < -0.3 is 10.1 Å². The molecule has 0 bridgehead atoms. The molecule has 0 spiro atoms. The van der Waals surface area contributed by atoms with Crippen LogP contribution in [0.4, 0.5) is 0 Å². The van der Waals surface area contributed by atoms with Gasteiger partial charge in [-0.3, -0.25) is 4.79 Å². The van der Waals surface area contributed by atoms with Gasteiger partial charge in [-0.1, -0.05) is 11.6 Å². The Morgan fingerprint density at radius 3 is 2.56 bits per heavy atom. The molecular formula is C12H11NO3. The van der Waals surface area contributed by atoms with Crippen LogP contribution in [0.15, 0.2) is 18.2 Å². The summed E-state index contributed by atoms with van der Waals surface area (Å²) in [6.45, 7) is 3.23. The first-order valence-electron chi connectivity index (χ1n) is 4.87. The molecule has 0 fully saturated rings. The third-order valence-electron chi connectivity index (χ3n) is 2.52. The number of Topliss-reactive ketones (excluding diaryl/α,β-unsaturated/α-hetero) is 1. The molecule has 0 saturated heterocycles. The summed E-state index contributed by atoms with van der Waals surface area (Å²) >= 11 is 0. The quantitative estimate of drug-likeness (QED) is 0.758. The van der Waals surface area contributed by atoms with Gasteiger partial charge in [0.15, 0.2) is 5.78 Å². The zero-order valence-corrected chi connectivity index (χ0v) is 9.00. The van der Waals surface area contributed by atoms with E-state index in [2.05, 4.69) is 4.98 Å². The summed E-state index contributed by atoms with van der Waals surface area (Å²) in [4.78, 5) is 25.3. The SMILES string of the molecule is CC(=O)c1[nH]c2ccc(C)cc2c1C(=O)O. The highest BCUT2D eigenvalue weighted by atomic mass is 16.4. The van der Waals surface area contributed by atoms with Gasteiger partial charge >= 0.3 is 5.97 Å². The fourth-order valence-corrected chi connectivity index (χ4v) is 1.79. The normalized spacial score (nSPS) is 10.6. The molecule has 1 aromatic heterocycles. The predicted molar refractivity (Wildman–Crippen MR) is 60.0 cm³/mol. The van der Waals surface area contributed by atoms with Crippen LogP contribution in [0.5, 0.6) is 0 Å². The number of carboxylic acid groups (broad SMARTS) is 1. The number of carboxylic acids is 1. The summed E-state index contributed by atoms with van der Waals surface area (Å²) in [7, 11) is 0. The van der Waals surface area contributed by atoms with E-state index in [9.17, 15) is 9.59 Å². The first-order valence-corrected chi connectivity index (χ1v) is 4.87. The lowest BCUT2D eigenvalue weighted by atomic mass is 10.1. The van der Waals surface area contributed by atoms with Crippen LogP contribution >= 0.6 is 0 Å². The second kappa shape index (κ2) is 3.48. The molecule has 2 N–H and O–H groups in total. The Bertz CT molecular complexity index is 596. The van der Waals surface area contributed by atoms with Crippen molar-refractivity contribution in [2.75, 3.05) is 0 Å². The largest absolute Gasteiger partial charge is 0.478 e. The second-order valence-electron chi connectivity index (χ2n) is 3.79. The number of aromatic amines is 1. The Labute approximate surface area is 91.9 Å². The Balaban J connectivity index is 2.88. The summed E-state index contributed by atoms with van der Waals surface area (Å²) < 4.78 is 0. The van der Waals surface area contributed by atoms with E-state index >= 15 is 0 Å². The maximum Gasteiger partial charge on any atom is 0.338 e. The number of carbonyl (C=O) groups is 2. The number of aromatic carboxylic acids is 1. The fraction of sp³-hybridized carbons (Fsp3) is 0.167. The number of rotatable bonds is 2. The monoisotopic (exact) mass is 217 g/mol. The minimum Gasteiger partial charge on any atom is -0.478 e. The van der Waals surface area contributed by atoms with E-state index in [1.54, 1.807) is 12.1 Å². The van der Waals surface area contributed by atoms with E-state index in [-0.39, 0.29) is 17.0 Å². The highest BCUT2D eigenvalue weighted by molar-refractivity contribution is 6.13. The van der Waals surface area contributed by atoms with Crippen molar-refractivity contribution in [3.8, 4) is 0 Å². The Kier molecular flexibility index (Phi) is 2.27. The molecular weight excluding hydrogens is 206 g/mol. The number of nitrogens with one attached hydrogen (secondary N) is 1. The zero-order valence-electron chi connectivity index (χ0n) is 9.00. The second-order valence-corrected chi connectivity index (χ2v) is 3.79. The van der Waals surface area contributed by atoms with Crippen LogP contribution in [0.1, 0.15) is 33.3 Å². The van der Waals surface area contributed by atoms with Gasteiger partial charge in [-0.2, -0.15) is 0 Å². The number of H-pyrrole nitrogens is 1. The van der Waals surface area contributed by atoms with Crippen molar-refractivity contribution in [2.24, 2.45) is 0 Å². The van der Waals surface area contributed by atoms with Crippen molar-refractivity contribution in [2.45, 2.75) is 13.8 Å². The fourth-order valence-electron chi connectivity index (χ4n) is 1.79. The van der Waals surface area contributed by atoms with Crippen molar-refractivity contribution in [1.29, 1.82) is 0 Å². The number of carbonyl (C=O) groups excluding carboxylic acids is 1. The smallest absolute Gasteiger partial charge is 0.338 e. The van der Waals surface area contributed by atoms with Gasteiger partial charge in [0.05, 0.1) is 11.3 Å². The maximum absolute atomic E-state index is 11.3. The number of aryl methyl sites for hydroxylation is 1. The van der Waals surface area contributed by atoms with Gasteiger partial charge in [0.1, 0.15) is 0 Å². The average molecular weight is 217 g/mol. The molecule has 0 radical (unpaired) electrons. The molecule has 1 aromatic carbocycles. The van der Waals surface area contributed by atoms with Gasteiger partial charge in [0.2, 0.25) is 0 Å². The number of ketones is 1. The molecule has 0 atom stereocenters. The predicted octanol–water partition coefficient (Wildman–Crippen LogP) is 2.38. The molecule has 2 aromatic rings. The lowest BCUT2D eigenvalue weighted by Crippen LogP contribution is -2.04. The Morgan fingerprint density at radius 2 is 2.00 bits per heavy atom. The zero-order chi connectivity index (χ0) is 11.9. The maximum atomic E-state index is 11.3. The van der Waals surface area contributed by atoms with Crippen LogP contribution in [-0.2, 0) is 0 Å². The van der Waals surface area contributed by atoms with Crippen LogP contribution in [0, 0.1) is 6.92 Å². The molecule has 4 nitrogen and oxygen atoms in total. The summed E-state index contributed by atoms with van der Waals surface area (Å²) in [6, 6.07) is 5.42.